The molecule has 24 heavy (non-hydrogen) atoms. The molecule has 0 spiro atoms. The molecule has 2 saturated carbocycles. The fourth-order valence-electron chi connectivity index (χ4n) is 4.90. The molecule has 5 rings (SSSR count). The maximum absolute atomic E-state index is 12.4. The summed E-state index contributed by atoms with van der Waals surface area (Å²) in [6, 6.07) is 0.0779. The van der Waals surface area contributed by atoms with E-state index >= 15 is 0 Å². The summed E-state index contributed by atoms with van der Waals surface area (Å²) in [7, 11) is 0. The van der Waals surface area contributed by atoms with Crippen LogP contribution in [-0.2, 0) is 16.0 Å². The van der Waals surface area contributed by atoms with Crippen molar-refractivity contribution in [2.45, 2.75) is 68.8 Å². The molecule has 4 atom stereocenters. The largest absolute Gasteiger partial charge is 0.494 e. The lowest BCUT2D eigenvalue weighted by atomic mass is 9.73. The molecule has 6 nitrogen and oxygen atoms in total. The molecule has 6 heteroatoms. The van der Waals surface area contributed by atoms with Crippen LogP contribution in [0, 0.1) is 0 Å². The third kappa shape index (κ3) is 1.75. The van der Waals surface area contributed by atoms with E-state index in [4.69, 9.17) is 4.74 Å². The first-order valence-electron chi connectivity index (χ1n) is 8.82. The van der Waals surface area contributed by atoms with Crippen molar-refractivity contribution in [1.29, 1.82) is 0 Å². The summed E-state index contributed by atoms with van der Waals surface area (Å²) < 4.78 is 6.93. The number of nitrogens with zero attached hydrogens (tertiary/aromatic N) is 1. The van der Waals surface area contributed by atoms with Gasteiger partial charge in [-0.25, -0.2) is 0 Å². The van der Waals surface area contributed by atoms with Crippen molar-refractivity contribution in [2.24, 2.45) is 0 Å². The van der Waals surface area contributed by atoms with Crippen LogP contribution in [0.3, 0.4) is 0 Å². The van der Waals surface area contributed by atoms with E-state index in [1.54, 1.807) is 10.6 Å². The van der Waals surface area contributed by atoms with Crippen LogP contribution >= 0.6 is 0 Å². The Bertz CT molecular complexity index is 758. The molecule has 4 aliphatic rings. The highest BCUT2D eigenvalue weighted by Crippen LogP contribution is 2.54. The molecule has 1 aliphatic heterocycles. The summed E-state index contributed by atoms with van der Waals surface area (Å²) in [5.74, 6) is -0.592. The highest BCUT2D eigenvalue weighted by molar-refractivity contribution is 6.04. The number of ether oxygens (including phenoxy) is 1. The number of carbonyl (C=O) groups excluding carboxylic acids is 1. The van der Waals surface area contributed by atoms with Gasteiger partial charge in [-0.1, -0.05) is 25.3 Å². The van der Waals surface area contributed by atoms with Gasteiger partial charge in [-0.2, -0.15) is 0 Å². The summed E-state index contributed by atoms with van der Waals surface area (Å²) >= 11 is 0. The van der Waals surface area contributed by atoms with Crippen LogP contribution in [0.2, 0.25) is 0 Å². The van der Waals surface area contributed by atoms with Crippen molar-refractivity contribution in [3.8, 4) is 11.8 Å². The summed E-state index contributed by atoms with van der Waals surface area (Å²) in [5, 5.41) is 32.2. The number of allylic oxidation sites excluding steroid dienone is 1. The van der Waals surface area contributed by atoms with E-state index in [1.807, 2.05) is 0 Å². The van der Waals surface area contributed by atoms with Crippen LogP contribution in [0.15, 0.2) is 11.6 Å². The number of rotatable bonds is 1. The SMILES string of the molecule is O=C1C2=CCc3c(c(O)n(C4CCCCC4)c3O)[C@H]2[C@H](O)[C@@H]2O[C@H]12. The van der Waals surface area contributed by atoms with Crippen LogP contribution in [0.25, 0.3) is 0 Å². The smallest absolute Gasteiger partial charge is 0.198 e. The number of Topliss-reactive ketones (excluding diaryl/α,β-unsaturated/α-hetero) is 1. The normalized spacial score (nSPS) is 35.0. The number of epoxide rings is 1. The molecule has 3 N–H and O–H groups in total. The van der Waals surface area contributed by atoms with Gasteiger partial charge in [0, 0.05) is 28.7 Å². The molecule has 0 bridgehead atoms. The summed E-state index contributed by atoms with van der Waals surface area (Å²) in [4.78, 5) is 12.4. The van der Waals surface area contributed by atoms with Crippen molar-refractivity contribution < 1.29 is 24.9 Å². The molecular weight excluding hydrogens is 310 g/mol. The van der Waals surface area contributed by atoms with E-state index in [2.05, 4.69) is 0 Å². The van der Waals surface area contributed by atoms with Gasteiger partial charge in [0.1, 0.15) is 12.2 Å². The van der Waals surface area contributed by atoms with E-state index in [-0.39, 0.29) is 23.6 Å². The minimum absolute atomic E-state index is 0.0101. The van der Waals surface area contributed by atoms with Gasteiger partial charge in [-0.15, -0.1) is 0 Å². The Morgan fingerprint density at radius 1 is 1.12 bits per heavy atom. The van der Waals surface area contributed by atoms with E-state index in [9.17, 15) is 20.1 Å². The Balaban J connectivity index is 1.62. The van der Waals surface area contributed by atoms with Crippen LogP contribution in [0.1, 0.15) is 55.2 Å². The quantitative estimate of drug-likeness (QED) is 0.681. The number of fused-ring (bicyclic) bond motifs is 4. The maximum atomic E-state index is 12.4. The van der Waals surface area contributed by atoms with Crippen molar-refractivity contribution in [2.75, 3.05) is 0 Å². The molecule has 0 amide bonds. The van der Waals surface area contributed by atoms with Gasteiger partial charge in [0.05, 0.1) is 6.10 Å². The van der Waals surface area contributed by atoms with Crippen molar-refractivity contribution in [3.63, 3.8) is 0 Å². The second-order valence-corrected chi connectivity index (χ2v) is 7.42. The fourth-order valence-corrected chi connectivity index (χ4v) is 4.90. The second kappa shape index (κ2) is 4.86. The van der Waals surface area contributed by atoms with Gasteiger partial charge in [0.2, 0.25) is 0 Å². The first-order chi connectivity index (χ1) is 11.6. The number of aliphatic hydroxyl groups is 1. The summed E-state index contributed by atoms with van der Waals surface area (Å²) in [6.07, 6.45) is 5.51. The Labute approximate surface area is 139 Å². The Kier molecular flexibility index (Phi) is 2.95. The molecule has 1 aromatic heterocycles. The van der Waals surface area contributed by atoms with Crippen LogP contribution in [0.4, 0.5) is 0 Å². The zero-order valence-electron chi connectivity index (χ0n) is 13.3. The zero-order chi connectivity index (χ0) is 16.6. The second-order valence-electron chi connectivity index (χ2n) is 7.42. The lowest BCUT2D eigenvalue weighted by Crippen LogP contribution is -2.38. The minimum Gasteiger partial charge on any atom is -0.494 e. The predicted octanol–water partition coefficient (Wildman–Crippen LogP) is 1.68. The molecular formula is C18H21NO5. The van der Waals surface area contributed by atoms with Crippen molar-refractivity contribution in [1.82, 2.24) is 4.57 Å². The summed E-state index contributed by atoms with van der Waals surface area (Å²) in [6.45, 7) is 0. The number of aromatic nitrogens is 1. The first kappa shape index (κ1) is 14.5. The zero-order valence-corrected chi connectivity index (χ0v) is 13.3. The lowest BCUT2D eigenvalue weighted by Gasteiger charge is -2.30. The third-order valence-electron chi connectivity index (χ3n) is 6.15. The van der Waals surface area contributed by atoms with Gasteiger partial charge >= 0.3 is 0 Å². The first-order valence-corrected chi connectivity index (χ1v) is 8.82. The topological polar surface area (TPSA) is 95.2 Å². The van der Waals surface area contributed by atoms with Gasteiger partial charge in [0.25, 0.3) is 0 Å². The molecule has 1 saturated heterocycles. The molecule has 0 aromatic carbocycles. The average Bonchev–Trinajstić information content (AvgIpc) is 3.36. The number of hydrogen-bond acceptors (Lipinski definition) is 5. The molecule has 128 valence electrons. The number of ketones is 1. The molecule has 0 radical (unpaired) electrons. The number of aliphatic hydroxyl groups excluding tert-OH is 1. The monoisotopic (exact) mass is 331 g/mol. The molecule has 2 heterocycles. The molecule has 3 aliphatic carbocycles. The highest BCUT2D eigenvalue weighted by atomic mass is 16.6. The lowest BCUT2D eigenvalue weighted by molar-refractivity contribution is -0.117. The van der Waals surface area contributed by atoms with Crippen LogP contribution in [0.5, 0.6) is 11.8 Å². The standard InChI is InChI=1S/C18H21NO5/c20-13-9-6-7-10-12(11(9)14(21)16-15(13)24-16)18(23)19(17(10)22)8-4-2-1-3-5-8/h6,8,11,14-16,21-23H,1-5,7H2/t11-,14-,15+,16-/m0/s1. The van der Waals surface area contributed by atoms with Crippen molar-refractivity contribution >= 4 is 5.78 Å². The Morgan fingerprint density at radius 2 is 1.88 bits per heavy atom. The van der Waals surface area contributed by atoms with E-state index in [1.165, 1.54) is 6.42 Å². The number of carbonyl (C=O) groups is 1. The van der Waals surface area contributed by atoms with Crippen LogP contribution in [-0.4, -0.2) is 44.0 Å². The summed E-state index contributed by atoms with van der Waals surface area (Å²) in [5.41, 5.74) is 1.67. The van der Waals surface area contributed by atoms with Crippen LogP contribution < -0.4 is 0 Å². The maximum Gasteiger partial charge on any atom is 0.198 e. The fraction of sp³-hybridized carbons (Fsp3) is 0.611. The van der Waals surface area contributed by atoms with E-state index in [0.29, 0.717) is 23.1 Å². The molecule has 1 aromatic rings. The molecule has 0 unspecified atom stereocenters. The number of aromatic hydroxyl groups is 2. The predicted molar refractivity (Wildman–Crippen MR) is 84.1 cm³/mol. The van der Waals surface area contributed by atoms with Gasteiger partial charge < -0.3 is 20.1 Å². The Morgan fingerprint density at radius 3 is 2.62 bits per heavy atom. The van der Waals surface area contributed by atoms with Crippen molar-refractivity contribution in [3.05, 3.63) is 22.8 Å². The van der Waals surface area contributed by atoms with Gasteiger partial charge in [-0.3, -0.25) is 9.36 Å². The van der Waals surface area contributed by atoms with Gasteiger partial charge in [0.15, 0.2) is 17.5 Å². The minimum atomic E-state index is -0.856. The van der Waals surface area contributed by atoms with E-state index < -0.39 is 24.2 Å². The number of hydrogen-bond donors (Lipinski definition) is 3. The van der Waals surface area contributed by atoms with Gasteiger partial charge in [-0.05, 0) is 19.3 Å². The highest BCUT2D eigenvalue weighted by Gasteiger charge is 2.60. The third-order valence-corrected chi connectivity index (χ3v) is 6.15. The van der Waals surface area contributed by atoms with E-state index in [0.717, 1.165) is 25.7 Å². The average molecular weight is 331 g/mol. The Hall–Kier alpha value is -1.79. The molecule has 3 fully saturated rings.